The zero-order valence-corrected chi connectivity index (χ0v) is 16.1. The molecule has 29 heavy (non-hydrogen) atoms. The predicted octanol–water partition coefficient (Wildman–Crippen LogP) is 3.61. The van der Waals surface area contributed by atoms with E-state index >= 15 is 0 Å². The van der Waals surface area contributed by atoms with Crippen LogP contribution in [0.4, 0.5) is 18.9 Å². The fraction of sp³-hybridized carbons (Fsp3) is 0.550. The van der Waals surface area contributed by atoms with Gasteiger partial charge in [-0.25, -0.2) is 0 Å². The number of nitrogens with one attached hydrogen (secondary N) is 1. The minimum atomic E-state index is -4.58. The fourth-order valence-electron chi connectivity index (χ4n) is 3.86. The van der Waals surface area contributed by atoms with Crippen LogP contribution >= 0.6 is 0 Å². The van der Waals surface area contributed by atoms with E-state index in [2.05, 4.69) is 5.32 Å². The van der Waals surface area contributed by atoms with Gasteiger partial charge in [-0.15, -0.1) is 0 Å². The van der Waals surface area contributed by atoms with Crippen LogP contribution in [0.2, 0.25) is 0 Å². The quantitative estimate of drug-likeness (QED) is 0.725. The lowest BCUT2D eigenvalue weighted by molar-refractivity contribution is -0.142. The second kappa shape index (κ2) is 8.42. The summed E-state index contributed by atoms with van der Waals surface area (Å²) in [5, 5.41) is 2.37. The Labute approximate surface area is 166 Å². The summed E-state index contributed by atoms with van der Waals surface area (Å²) in [7, 11) is 0. The lowest BCUT2D eigenvalue weighted by Gasteiger charge is -2.19. The molecule has 0 unspecified atom stereocenters. The number of alkyl halides is 3. The van der Waals surface area contributed by atoms with Gasteiger partial charge in [-0.3, -0.25) is 19.3 Å². The van der Waals surface area contributed by atoms with Gasteiger partial charge in [0.1, 0.15) is 12.3 Å². The van der Waals surface area contributed by atoms with Crippen LogP contribution < -0.4 is 10.1 Å². The maximum absolute atomic E-state index is 13.0. The molecule has 2 fully saturated rings. The molecule has 3 amide bonds. The van der Waals surface area contributed by atoms with E-state index in [1.807, 2.05) is 6.92 Å². The van der Waals surface area contributed by atoms with Gasteiger partial charge in [0.25, 0.3) is 0 Å². The van der Waals surface area contributed by atoms with Gasteiger partial charge in [0.15, 0.2) is 0 Å². The van der Waals surface area contributed by atoms with Gasteiger partial charge >= 0.3 is 6.18 Å². The van der Waals surface area contributed by atoms with E-state index in [0.29, 0.717) is 19.3 Å². The standard InChI is InChI=1S/C20H23F3N2O4/c1-2-9-29-16-8-7-12(20(21,22)23)10-15(16)24-17(26)11-25-18(27)13-5-3-4-6-14(13)19(25)28/h7-8,10,13-14H,2-6,9,11H2,1H3,(H,24,26)/t13-,14-/m0/s1. The van der Waals surface area contributed by atoms with E-state index in [1.54, 1.807) is 0 Å². The Morgan fingerprint density at radius 1 is 1.17 bits per heavy atom. The average Bonchev–Trinajstić information content (AvgIpc) is 2.91. The number of amides is 3. The van der Waals surface area contributed by atoms with E-state index in [0.717, 1.165) is 35.9 Å². The van der Waals surface area contributed by atoms with Gasteiger partial charge in [-0.1, -0.05) is 19.8 Å². The maximum Gasteiger partial charge on any atom is 0.416 e. The first-order chi connectivity index (χ1) is 13.7. The molecule has 0 bridgehead atoms. The maximum atomic E-state index is 13.0. The molecule has 1 saturated carbocycles. The minimum absolute atomic E-state index is 0.0981. The van der Waals surface area contributed by atoms with Crippen molar-refractivity contribution in [2.75, 3.05) is 18.5 Å². The summed E-state index contributed by atoms with van der Waals surface area (Å²) in [5.74, 6) is -2.17. The molecule has 2 aliphatic rings. The second-order valence-corrected chi connectivity index (χ2v) is 7.37. The van der Waals surface area contributed by atoms with Crippen molar-refractivity contribution in [3.05, 3.63) is 23.8 Å². The predicted molar refractivity (Wildman–Crippen MR) is 98.0 cm³/mol. The summed E-state index contributed by atoms with van der Waals surface area (Å²) in [6, 6.07) is 2.81. The lowest BCUT2D eigenvalue weighted by atomic mass is 9.81. The largest absolute Gasteiger partial charge is 0.491 e. The van der Waals surface area contributed by atoms with E-state index < -0.39 is 24.2 Å². The van der Waals surface area contributed by atoms with Crippen LogP contribution in [0.15, 0.2) is 18.2 Å². The number of ether oxygens (including phenoxy) is 1. The number of halogens is 3. The summed E-state index contributed by atoms with van der Waals surface area (Å²) in [6.45, 7) is 1.58. The van der Waals surface area contributed by atoms with Crippen molar-refractivity contribution in [1.82, 2.24) is 4.90 Å². The van der Waals surface area contributed by atoms with Crippen LogP contribution in [-0.2, 0) is 20.6 Å². The van der Waals surface area contributed by atoms with Gasteiger partial charge < -0.3 is 10.1 Å². The van der Waals surface area contributed by atoms with Crippen molar-refractivity contribution < 1.29 is 32.3 Å². The molecule has 1 saturated heterocycles. The molecule has 0 spiro atoms. The van der Waals surface area contributed by atoms with Crippen LogP contribution in [0.1, 0.15) is 44.6 Å². The number of fused-ring (bicyclic) bond motifs is 1. The molecular formula is C20H23F3N2O4. The lowest BCUT2D eigenvalue weighted by Crippen LogP contribution is -2.38. The summed E-state index contributed by atoms with van der Waals surface area (Å²) >= 11 is 0. The Bertz CT molecular complexity index is 785. The van der Waals surface area contributed by atoms with Gasteiger partial charge in [0, 0.05) is 0 Å². The molecule has 6 nitrogen and oxygen atoms in total. The number of carbonyl (C=O) groups excluding carboxylic acids is 3. The van der Waals surface area contributed by atoms with Crippen LogP contribution in [0.5, 0.6) is 5.75 Å². The Kier molecular flexibility index (Phi) is 6.14. The number of imide groups is 1. The number of likely N-dealkylation sites (tertiary alicyclic amines) is 1. The zero-order chi connectivity index (χ0) is 21.2. The summed E-state index contributed by atoms with van der Waals surface area (Å²) in [4.78, 5) is 38.4. The van der Waals surface area contributed by atoms with E-state index in [-0.39, 0.29) is 41.7 Å². The number of nitrogens with zero attached hydrogens (tertiary/aromatic N) is 1. The third kappa shape index (κ3) is 4.54. The number of carbonyl (C=O) groups is 3. The molecule has 1 aliphatic heterocycles. The molecule has 0 aromatic heterocycles. The van der Waals surface area contributed by atoms with Crippen molar-refractivity contribution in [2.45, 2.75) is 45.2 Å². The highest BCUT2D eigenvalue weighted by Gasteiger charge is 2.48. The molecule has 1 aliphatic carbocycles. The first-order valence-corrected chi connectivity index (χ1v) is 9.71. The molecule has 3 rings (SSSR count). The first-order valence-electron chi connectivity index (χ1n) is 9.71. The molecule has 1 aromatic carbocycles. The molecule has 0 radical (unpaired) electrons. The third-order valence-corrected chi connectivity index (χ3v) is 5.28. The van der Waals surface area contributed by atoms with Crippen LogP contribution in [0.25, 0.3) is 0 Å². The molecular weight excluding hydrogens is 389 g/mol. The van der Waals surface area contributed by atoms with Gasteiger partial charge in [0.05, 0.1) is 29.7 Å². The number of hydrogen-bond acceptors (Lipinski definition) is 4. The Morgan fingerprint density at radius 3 is 2.34 bits per heavy atom. The summed E-state index contributed by atoms with van der Waals surface area (Å²) in [6.07, 6.45) is -0.982. The smallest absolute Gasteiger partial charge is 0.416 e. The van der Waals surface area contributed by atoms with Crippen molar-refractivity contribution in [2.24, 2.45) is 11.8 Å². The van der Waals surface area contributed by atoms with Crippen molar-refractivity contribution >= 4 is 23.4 Å². The highest BCUT2D eigenvalue weighted by molar-refractivity contribution is 6.08. The minimum Gasteiger partial charge on any atom is -0.491 e. The molecule has 1 aromatic rings. The molecule has 9 heteroatoms. The van der Waals surface area contributed by atoms with Crippen molar-refractivity contribution in [1.29, 1.82) is 0 Å². The van der Waals surface area contributed by atoms with E-state index in [1.165, 1.54) is 0 Å². The van der Waals surface area contributed by atoms with Crippen molar-refractivity contribution in [3.8, 4) is 5.75 Å². The second-order valence-electron chi connectivity index (χ2n) is 7.37. The molecule has 1 N–H and O–H groups in total. The Balaban J connectivity index is 1.75. The first kappa shape index (κ1) is 21.1. The highest BCUT2D eigenvalue weighted by Crippen LogP contribution is 2.38. The highest BCUT2D eigenvalue weighted by atomic mass is 19.4. The monoisotopic (exact) mass is 412 g/mol. The fourth-order valence-corrected chi connectivity index (χ4v) is 3.86. The SMILES string of the molecule is CCCOc1ccc(C(F)(F)F)cc1NC(=O)CN1C(=O)[C@H]2CCCC[C@@H]2C1=O. The molecule has 2 atom stereocenters. The van der Waals surface area contributed by atoms with E-state index in [4.69, 9.17) is 4.74 Å². The number of benzene rings is 1. The van der Waals surface area contributed by atoms with Crippen molar-refractivity contribution in [3.63, 3.8) is 0 Å². The number of rotatable bonds is 6. The van der Waals surface area contributed by atoms with Gasteiger partial charge in [0.2, 0.25) is 17.7 Å². The van der Waals surface area contributed by atoms with Crippen LogP contribution in [0, 0.1) is 11.8 Å². The average molecular weight is 412 g/mol. The van der Waals surface area contributed by atoms with Gasteiger partial charge in [-0.05, 0) is 37.5 Å². The molecule has 158 valence electrons. The summed E-state index contributed by atoms with van der Waals surface area (Å²) in [5.41, 5.74) is -1.08. The van der Waals surface area contributed by atoms with Gasteiger partial charge in [-0.2, -0.15) is 13.2 Å². The van der Waals surface area contributed by atoms with Crippen LogP contribution in [-0.4, -0.2) is 35.8 Å². The number of anilines is 1. The normalized spacial score (nSPS) is 21.9. The Hall–Kier alpha value is -2.58. The molecule has 1 heterocycles. The Morgan fingerprint density at radius 2 is 1.79 bits per heavy atom. The topological polar surface area (TPSA) is 75.7 Å². The van der Waals surface area contributed by atoms with E-state index in [9.17, 15) is 27.6 Å². The number of hydrogen-bond donors (Lipinski definition) is 1. The van der Waals surface area contributed by atoms with Crippen LogP contribution in [0.3, 0.4) is 0 Å². The zero-order valence-electron chi connectivity index (χ0n) is 16.1. The third-order valence-electron chi connectivity index (χ3n) is 5.28. The summed E-state index contributed by atoms with van der Waals surface area (Å²) < 4.78 is 44.5.